The summed E-state index contributed by atoms with van der Waals surface area (Å²) in [6, 6.07) is 6.68. The second-order valence-electron chi connectivity index (χ2n) is 7.64. The van der Waals surface area contributed by atoms with Crippen LogP contribution in [0.3, 0.4) is 0 Å². The van der Waals surface area contributed by atoms with Crippen LogP contribution in [0.1, 0.15) is 44.1 Å². The zero-order valence-electron chi connectivity index (χ0n) is 12.8. The second kappa shape index (κ2) is 5.48. The van der Waals surface area contributed by atoms with E-state index in [4.69, 9.17) is 12.2 Å². The zero-order valence-corrected chi connectivity index (χ0v) is 13.6. The predicted molar refractivity (Wildman–Crippen MR) is 89.9 cm³/mol. The fourth-order valence-electron chi connectivity index (χ4n) is 5.38. The first-order chi connectivity index (χ1) is 10.6. The molecule has 0 aliphatic heterocycles. The number of rotatable bonds is 3. The van der Waals surface area contributed by atoms with Gasteiger partial charge in [-0.2, -0.15) is 0 Å². The average Bonchev–Trinajstić information content (AvgIpc) is 2.43. The van der Waals surface area contributed by atoms with Gasteiger partial charge in [-0.3, -0.25) is 0 Å². The van der Waals surface area contributed by atoms with Gasteiger partial charge in [0.1, 0.15) is 5.82 Å². The van der Waals surface area contributed by atoms with E-state index in [-0.39, 0.29) is 11.4 Å². The van der Waals surface area contributed by atoms with Crippen LogP contribution < -0.4 is 10.6 Å². The molecule has 1 aromatic carbocycles. The molecule has 4 fully saturated rings. The van der Waals surface area contributed by atoms with Crippen LogP contribution in [0.4, 0.5) is 4.39 Å². The lowest BCUT2D eigenvalue weighted by atomic mass is 9.53. The molecule has 0 saturated heterocycles. The monoisotopic (exact) mass is 318 g/mol. The molecule has 2 nitrogen and oxygen atoms in total. The van der Waals surface area contributed by atoms with Gasteiger partial charge in [0.05, 0.1) is 0 Å². The molecule has 22 heavy (non-hydrogen) atoms. The summed E-state index contributed by atoms with van der Waals surface area (Å²) in [7, 11) is 0. The molecule has 0 amide bonds. The first-order valence-electron chi connectivity index (χ1n) is 8.41. The lowest BCUT2D eigenvalue weighted by Crippen LogP contribution is -2.61. The summed E-state index contributed by atoms with van der Waals surface area (Å²) < 4.78 is 13.2. The van der Waals surface area contributed by atoms with E-state index in [1.54, 1.807) is 12.1 Å². The minimum Gasteiger partial charge on any atom is -0.359 e. The molecule has 1 aromatic rings. The molecular formula is C18H23FN2S. The molecule has 4 heteroatoms. The lowest BCUT2D eigenvalue weighted by Gasteiger charge is -2.57. The molecule has 118 valence electrons. The molecule has 0 atom stereocenters. The van der Waals surface area contributed by atoms with E-state index in [0.717, 1.165) is 28.4 Å². The third kappa shape index (κ3) is 2.85. The highest BCUT2D eigenvalue weighted by atomic mass is 32.1. The van der Waals surface area contributed by atoms with E-state index in [1.807, 2.05) is 6.07 Å². The standard InChI is InChI=1S/C18H23FN2S/c19-16-3-1-2-12(7-16)11-20-17(22)21-18-8-13-4-14(9-18)6-15(5-13)10-18/h1-3,7,13-15H,4-6,8-11H2,(H2,20,21,22). The van der Waals surface area contributed by atoms with E-state index in [0.29, 0.717) is 6.54 Å². The van der Waals surface area contributed by atoms with Gasteiger partial charge in [-0.15, -0.1) is 0 Å². The van der Waals surface area contributed by atoms with Crippen molar-refractivity contribution in [3.8, 4) is 0 Å². The van der Waals surface area contributed by atoms with Crippen molar-refractivity contribution in [2.75, 3.05) is 0 Å². The summed E-state index contributed by atoms with van der Waals surface area (Å²) in [5, 5.41) is 7.62. The van der Waals surface area contributed by atoms with Gasteiger partial charge in [-0.1, -0.05) is 12.1 Å². The largest absolute Gasteiger partial charge is 0.359 e. The highest BCUT2D eigenvalue weighted by Gasteiger charge is 2.51. The Hall–Kier alpha value is -1.16. The molecule has 4 saturated carbocycles. The fourth-order valence-corrected chi connectivity index (χ4v) is 5.67. The Labute approximate surface area is 136 Å². The van der Waals surface area contributed by atoms with Gasteiger partial charge in [0.25, 0.3) is 0 Å². The van der Waals surface area contributed by atoms with Crippen molar-refractivity contribution in [2.24, 2.45) is 17.8 Å². The Morgan fingerprint density at radius 1 is 1.14 bits per heavy atom. The van der Waals surface area contributed by atoms with Crippen molar-refractivity contribution in [2.45, 2.75) is 50.6 Å². The van der Waals surface area contributed by atoms with Gasteiger partial charge >= 0.3 is 0 Å². The number of benzene rings is 1. The van der Waals surface area contributed by atoms with Crippen LogP contribution in [-0.2, 0) is 6.54 Å². The summed E-state index contributed by atoms with van der Waals surface area (Å²) in [6.45, 7) is 0.579. The molecule has 4 aliphatic rings. The van der Waals surface area contributed by atoms with Crippen LogP contribution in [0.15, 0.2) is 24.3 Å². The molecule has 0 radical (unpaired) electrons. The van der Waals surface area contributed by atoms with Crippen molar-refractivity contribution < 1.29 is 4.39 Å². The van der Waals surface area contributed by atoms with Crippen LogP contribution in [0.25, 0.3) is 0 Å². The third-order valence-electron chi connectivity index (χ3n) is 5.76. The minimum atomic E-state index is -0.195. The molecule has 0 aromatic heterocycles. The second-order valence-corrected chi connectivity index (χ2v) is 8.04. The SMILES string of the molecule is Fc1cccc(CNC(=S)NC23CC4CC(CC(C4)C2)C3)c1. The maximum absolute atomic E-state index is 13.2. The Kier molecular flexibility index (Phi) is 3.60. The van der Waals surface area contributed by atoms with Gasteiger partial charge in [0.15, 0.2) is 5.11 Å². The molecule has 0 heterocycles. The quantitative estimate of drug-likeness (QED) is 0.830. The molecule has 4 bridgehead atoms. The first kappa shape index (κ1) is 14.4. The molecule has 5 rings (SSSR count). The number of nitrogens with one attached hydrogen (secondary N) is 2. The normalized spacial score (nSPS) is 35.4. The smallest absolute Gasteiger partial charge is 0.166 e. The van der Waals surface area contributed by atoms with Crippen molar-refractivity contribution in [1.82, 2.24) is 10.6 Å². The highest BCUT2D eigenvalue weighted by molar-refractivity contribution is 7.80. The molecule has 0 unspecified atom stereocenters. The molecule has 4 aliphatic carbocycles. The predicted octanol–water partition coefficient (Wildman–Crippen LogP) is 3.76. The van der Waals surface area contributed by atoms with Crippen LogP contribution in [0.2, 0.25) is 0 Å². The Balaban J connectivity index is 1.36. The Bertz CT molecular complexity index is 551. The molecular weight excluding hydrogens is 295 g/mol. The van der Waals surface area contributed by atoms with Gasteiger partial charge in [0, 0.05) is 12.1 Å². The minimum absolute atomic E-state index is 0.195. The van der Waals surface area contributed by atoms with Gasteiger partial charge in [-0.25, -0.2) is 4.39 Å². The van der Waals surface area contributed by atoms with Crippen LogP contribution in [-0.4, -0.2) is 10.7 Å². The highest BCUT2D eigenvalue weighted by Crippen LogP contribution is 2.55. The van der Waals surface area contributed by atoms with E-state index >= 15 is 0 Å². The van der Waals surface area contributed by atoms with Crippen molar-refractivity contribution >= 4 is 17.3 Å². The first-order valence-corrected chi connectivity index (χ1v) is 8.81. The summed E-state index contributed by atoms with van der Waals surface area (Å²) in [4.78, 5) is 0. The summed E-state index contributed by atoms with van der Waals surface area (Å²) >= 11 is 5.51. The lowest BCUT2D eigenvalue weighted by molar-refractivity contribution is -0.0101. The fraction of sp³-hybridized carbons (Fsp3) is 0.611. The Morgan fingerprint density at radius 3 is 2.36 bits per heavy atom. The maximum Gasteiger partial charge on any atom is 0.166 e. The summed E-state index contributed by atoms with van der Waals surface area (Å²) in [5.41, 5.74) is 1.16. The van der Waals surface area contributed by atoms with E-state index < -0.39 is 0 Å². The van der Waals surface area contributed by atoms with Gasteiger partial charge < -0.3 is 10.6 Å². The van der Waals surface area contributed by atoms with Gasteiger partial charge in [-0.05, 0) is 86.2 Å². The van der Waals surface area contributed by atoms with E-state index in [9.17, 15) is 4.39 Å². The van der Waals surface area contributed by atoms with Crippen LogP contribution in [0, 0.1) is 23.6 Å². The van der Waals surface area contributed by atoms with Crippen molar-refractivity contribution in [3.63, 3.8) is 0 Å². The number of hydrogen-bond donors (Lipinski definition) is 2. The molecule has 0 spiro atoms. The van der Waals surface area contributed by atoms with Crippen molar-refractivity contribution in [1.29, 1.82) is 0 Å². The van der Waals surface area contributed by atoms with E-state index in [2.05, 4.69) is 10.6 Å². The zero-order chi connectivity index (χ0) is 15.2. The van der Waals surface area contributed by atoms with Crippen LogP contribution in [0.5, 0.6) is 0 Å². The van der Waals surface area contributed by atoms with Crippen LogP contribution >= 0.6 is 12.2 Å². The third-order valence-corrected chi connectivity index (χ3v) is 6.01. The topological polar surface area (TPSA) is 24.1 Å². The average molecular weight is 318 g/mol. The summed E-state index contributed by atoms with van der Waals surface area (Å²) in [5.74, 6) is 2.53. The van der Waals surface area contributed by atoms with E-state index in [1.165, 1.54) is 44.6 Å². The van der Waals surface area contributed by atoms with Gasteiger partial charge in [0.2, 0.25) is 0 Å². The number of thiocarbonyl (C=S) groups is 1. The maximum atomic E-state index is 13.2. The van der Waals surface area contributed by atoms with Crippen molar-refractivity contribution in [3.05, 3.63) is 35.6 Å². The number of halogens is 1. The molecule has 2 N–H and O–H groups in total. The summed E-state index contributed by atoms with van der Waals surface area (Å²) in [6.07, 6.45) is 8.14. The number of hydrogen-bond acceptors (Lipinski definition) is 1. The Morgan fingerprint density at radius 2 is 1.77 bits per heavy atom.